The average molecular weight is 359 g/mol. The van der Waals surface area contributed by atoms with Crippen molar-refractivity contribution in [1.82, 2.24) is 0 Å². The van der Waals surface area contributed by atoms with E-state index in [1.807, 2.05) is 0 Å². The third kappa shape index (κ3) is 11.0. The Balaban J connectivity index is 4.41. The van der Waals surface area contributed by atoms with Gasteiger partial charge in [-0.05, 0) is 25.1 Å². The molecule has 0 atom stereocenters. The highest BCUT2D eigenvalue weighted by atomic mass is 32.1. The maximum Gasteiger partial charge on any atom is 0.304 e. The monoisotopic (exact) mass is 358 g/mol. The lowest BCUT2D eigenvalue weighted by atomic mass is 9.75. The van der Waals surface area contributed by atoms with E-state index >= 15 is 0 Å². The normalized spacial score (nSPS) is 11.6. The largest absolute Gasteiger partial charge is 0.502 e. The lowest BCUT2D eigenvalue weighted by molar-refractivity contribution is -0.139. The zero-order valence-corrected chi connectivity index (χ0v) is 16.6. The smallest absolute Gasteiger partial charge is 0.304 e. The molecule has 4 heteroatoms. The molecule has 142 valence electrons. The van der Waals surface area contributed by atoms with Gasteiger partial charge in [0.05, 0.1) is 6.42 Å². The van der Waals surface area contributed by atoms with Crippen molar-refractivity contribution in [2.45, 2.75) is 110 Å². The predicted molar refractivity (Wildman–Crippen MR) is 106 cm³/mol. The van der Waals surface area contributed by atoms with Crippen LogP contribution in [0.15, 0.2) is 0 Å². The molecule has 0 aliphatic carbocycles. The first-order chi connectivity index (χ1) is 11.5. The Morgan fingerprint density at radius 2 is 1.12 bits per heavy atom. The number of aliphatic carboxylic acids is 1. The summed E-state index contributed by atoms with van der Waals surface area (Å²) in [5.74, 6) is -0.858. The van der Waals surface area contributed by atoms with Gasteiger partial charge in [-0.2, -0.15) is 0 Å². The van der Waals surface area contributed by atoms with Crippen LogP contribution in [0.3, 0.4) is 0 Å². The molecule has 0 aliphatic rings. The number of carbonyl (C=O) groups is 1. The van der Waals surface area contributed by atoms with Crippen molar-refractivity contribution < 1.29 is 15.0 Å². The Bertz CT molecular complexity index is 326. The zero-order valence-electron chi connectivity index (χ0n) is 15.8. The number of hydrogen-bond acceptors (Lipinski definition) is 2. The second-order valence-corrected chi connectivity index (χ2v) is 7.58. The predicted octanol–water partition coefficient (Wildman–Crippen LogP) is 6.83. The minimum absolute atomic E-state index is 0.0355. The summed E-state index contributed by atoms with van der Waals surface area (Å²) in [6, 6.07) is 0. The van der Waals surface area contributed by atoms with Crippen LogP contribution in [0, 0.1) is 5.41 Å². The van der Waals surface area contributed by atoms with Crippen LogP contribution in [-0.2, 0) is 4.79 Å². The van der Waals surface area contributed by atoms with Crippen LogP contribution in [0.4, 0.5) is 0 Å². The van der Waals surface area contributed by atoms with E-state index in [2.05, 4.69) is 13.8 Å². The Hall–Kier alpha value is -0.640. The van der Waals surface area contributed by atoms with E-state index < -0.39 is 11.4 Å². The Kier molecular flexibility index (Phi) is 14.3. The molecule has 0 aliphatic heterocycles. The minimum atomic E-state index is -0.858. The maximum absolute atomic E-state index is 11.3. The van der Waals surface area contributed by atoms with Gasteiger partial charge in [0.2, 0.25) is 0 Å². The number of aliphatic hydroxyl groups excluding tert-OH is 1. The fourth-order valence-corrected chi connectivity index (χ4v) is 3.64. The van der Waals surface area contributed by atoms with Gasteiger partial charge in [0, 0.05) is 5.41 Å². The molecule has 0 bridgehead atoms. The van der Waals surface area contributed by atoms with Gasteiger partial charge in [0.25, 0.3) is 0 Å². The van der Waals surface area contributed by atoms with Gasteiger partial charge in [-0.1, -0.05) is 90.9 Å². The molecule has 3 nitrogen and oxygen atoms in total. The molecule has 0 saturated heterocycles. The van der Waals surface area contributed by atoms with Crippen molar-refractivity contribution in [3.63, 3.8) is 0 Å². The van der Waals surface area contributed by atoms with Crippen LogP contribution in [0.1, 0.15) is 110 Å². The molecule has 0 aromatic heterocycles. The Morgan fingerprint density at radius 1 is 0.750 bits per heavy atom. The van der Waals surface area contributed by atoms with Crippen molar-refractivity contribution in [3.8, 4) is 0 Å². The van der Waals surface area contributed by atoms with E-state index in [0.717, 1.165) is 25.7 Å². The standard InChI is InChI=1S/C20H38O3S/c1-3-5-7-9-11-13-15-20(19(23)24,17-18(21)22)16-14-12-10-8-6-4-2/h3-17H2,1-2H3,(H,21,22)(H,23,24). The Labute approximate surface area is 154 Å². The minimum Gasteiger partial charge on any atom is -0.502 e. The molecule has 0 amide bonds. The molecule has 0 radical (unpaired) electrons. The lowest BCUT2D eigenvalue weighted by Crippen LogP contribution is -2.32. The molecule has 0 unspecified atom stereocenters. The van der Waals surface area contributed by atoms with Gasteiger partial charge >= 0.3 is 5.97 Å². The molecule has 0 rings (SSSR count). The summed E-state index contributed by atoms with van der Waals surface area (Å²) in [4.78, 5) is 11.3. The number of rotatable bonds is 17. The molecule has 0 aromatic carbocycles. The SMILES string of the molecule is CCCCCCCCC(CCCCCCCC)(CC(=O)O)C(O)=S. The van der Waals surface area contributed by atoms with Crippen molar-refractivity contribution >= 4 is 23.2 Å². The lowest BCUT2D eigenvalue weighted by Gasteiger charge is -2.30. The Morgan fingerprint density at radius 3 is 1.46 bits per heavy atom. The van der Waals surface area contributed by atoms with Crippen LogP contribution in [-0.4, -0.2) is 21.2 Å². The topological polar surface area (TPSA) is 57.5 Å². The van der Waals surface area contributed by atoms with Crippen molar-refractivity contribution in [3.05, 3.63) is 0 Å². The number of carboxylic acids is 1. The van der Waals surface area contributed by atoms with E-state index in [1.165, 1.54) is 51.4 Å². The molecule has 0 saturated carbocycles. The number of aliphatic hydroxyl groups is 1. The van der Waals surface area contributed by atoms with Gasteiger partial charge in [0.15, 0.2) is 5.05 Å². The first-order valence-electron chi connectivity index (χ1n) is 9.93. The molecule has 0 heterocycles. The summed E-state index contributed by atoms with van der Waals surface area (Å²) in [6.45, 7) is 4.39. The first kappa shape index (κ1) is 23.4. The molecule has 24 heavy (non-hydrogen) atoms. The second-order valence-electron chi connectivity index (χ2n) is 7.19. The molecular weight excluding hydrogens is 320 g/mol. The van der Waals surface area contributed by atoms with E-state index in [1.54, 1.807) is 0 Å². The summed E-state index contributed by atoms with van der Waals surface area (Å²) in [7, 11) is 0. The summed E-state index contributed by atoms with van der Waals surface area (Å²) in [5.41, 5.74) is -0.698. The summed E-state index contributed by atoms with van der Waals surface area (Å²) in [6.07, 6.45) is 15.3. The van der Waals surface area contributed by atoms with Gasteiger partial charge in [-0.3, -0.25) is 4.79 Å². The van der Waals surface area contributed by atoms with Crippen LogP contribution in [0.2, 0.25) is 0 Å². The molecule has 2 N–H and O–H groups in total. The third-order valence-corrected chi connectivity index (χ3v) is 5.39. The summed E-state index contributed by atoms with van der Waals surface area (Å²) >= 11 is 5.08. The number of carboxylic acid groups (broad SMARTS) is 1. The molecule has 0 aromatic rings. The average Bonchev–Trinajstić information content (AvgIpc) is 2.53. The fraction of sp³-hybridized carbons (Fsp3) is 0.900. The van der Waals surface area contributed by atoms with Gasteiger partial charge in [-0.25, -0.2) is 0 Å². The van der Waals surface area contributed by atoms with Gasteiger partial charge in [0.1, 0.15) is 0 Å². The third-order valence-electron chi connectivity index (χ3n) is 4.96. The molecular formula is C20H38O3S. The molecule has 0 fully saturated rings. The van der Waals surface area contributed by atoms with Gasteiger partial charge < -0.3 is 10.2 Å². The first-order valence-corrected chi connectivity index (χ1v) is 10.3. The van der Waals surface area contributed by atoms with E-state index in [9.17, 15) is 15.0 Å². The summed E-state index contributed by atoms with van der Waals surface area (Å²) in [5, 5.41) is 19.2. The van der Waals surface area contributed by atoms with E-state index in [0.29, 0.717) is 12.8 Å². The van der Waals surface area contributed by atoms with Crippen LogP contribution in [0.25, 0.3) is 0 Å². The molecule has 0 spiro atoms. The zero-order chi connectivity index (χ0) is 18.3. The van der Waals surface area contributed by atoms with Crippen molar-refractivity contribution in [1.29, 1.82) is 0 Å². The second kappa shape index (κ2) is 14.7. The van der Waals surface area contributed by atoms with Crippen LogP contribution < -0.4 is 0 Å². The van der Waals surface area contributed by atoms with E-state index in [-0.39, 0.29) is 11.5 Å². The van der Waals surface area contributed by atoms with E-state index in [4.69, 9.17) is 12.2 Å². The fourth-order valence-electron chi connectivity index (χ4n) is 3.37. The summed E-state index contributed by atoms with van der Waals surface area (Å²) < 4.78 is 0. The van der Waals surface area contributed by atoms with Crippen LogP contribution >= 0.6 is 12.2 Å². The maximum atomic E-state index is 11.3. The highest BCUT2D eigenvalue weighted by Crippen LogP contribution is 2.37. The number of thiocarbonyl (C=S) groups is 1. The van der Waals surface area contributed by atoms with Crippen molar-refractivity contribution in [2.24, 2.45) is 5.41 Å². The number of unbranched alkanes of at least 4 members (excludes halogenated alkanes) is 10. The highest BCUT2D eigenvalue weighted by molar-refractivity contribution is 7.80. The highest BCUT2D eigenvalue weighted by Gasteiger charge is 2.36. The quantitative estimate of drug-likeness (QED) is 0.221. The van der Waals surface area contributed by atoms with Gasteiger partial charge in [-0.15, -0.1) is 0 Å². The van der Waals surface area contributed by atoms with Crippen molar-refractivity contribution in [2.75, 3.05) is 0 Å². The number of hydrogen-bond donors (Lipinski definition) is 2. The van der Waals surface area contributed by atoms with Crippen LogP contribution in [0.5, 0.6) is 0 Å².